The van der Waals surface area contributed by atoms with Crippen LogP contribution < -0.4 is 5.32 Å². The zero-order valence-corrected chi connectivity index (χ0v) is 21.3. The van der Waals surface area contributed by atoms with Gasteiger partial charge in [-0.15, -0.1) is 29.3 Å². The fraction of sp³-hybridized carbons (Fsp3) is 0.560. The average molecular weight is 488 g/mol. The summed E-state index contributed by atoms with van der Waals surface area (Å²) in [7, 11) is 1.79. The summed E-state index contributed by atoms with van der Waals surface area (Å²) >= 11 is 2.96. The number of likely N-dealkylation sites (N-methyl/N-ethyl adjacent to an activating group) is 1. The van der Waals surface area contributed by atoms with Gasteiger partial charge in [-0.05, 0) is 48.0 Å². The maximum Gasteiger partial charge on any atom is 0.267 e. The second kappa shape index (κ2) is 9.31. The number of thiazole rings is 1. The molecule has 2 amide bonds. The summed E-state index contributed by atoms with van der Waals surface area (Å²) in [5.41, 5.74) is 0.922. The molecule has 0 radical (unpaired) electrons. The van der Waals surface area contributed by atoms with Gasteiger partial charge in [0.2, 0.25) is 5.91 Å². The monoisotopic (exact) mass is 487 g/mol. The maximum absolute atomic E-state index is 12.9. The van der Waals surface area contributed by atoms with Crippen LogP contribution in [-0.4, -0.2) is 46.5 Å². The van der Waals surface area contributed by atoms with Crippen molar-refractivity contribution in [2.45, 2.75) is 52.1 Å². The van der Waals surface area contributed by atoms with Gasteiger partial charge >= 0.3 is 0 Å². The Labute approximate surface area is 203 Å². The molecule has 0 saturated heterocycles. The van der Waals surface area contributed by atoms with E-state index < -0.39 is 6.10 Å². The summed E-state index contributed by atoms with van der Waals surface area (Å²) in [5.74, 6) is -0.342. The molecule has 1 saturated carbocycles. The Morgan fingerprint density at radius 1 is 1.48 bits per heavy atom. The Morgan fingerprint density at radius 2 is 2.24 bits per heavy atom. The Balaban J connectivity index is 1.55. The van der Waals surface area contributed by atoms with E-state index in [0.29, 0.717) is 16.6 Å². The molecular weight excluding hydrogens is 454 g/mol. The number of hydrogen-bond acceptors (Lipinski definition) is 6. The molecule has 0 unspecified atom stereocenters. The molecule has 2 aliphatic rings. The molecule has 2 heterocycles. The number of aliphatic hydroxyl groups excluding tert-OH is 1. The van der Waals surface area contributed by atoms with E-state index >= 15 is 0 Å². The van der Waals surface area contributed by atoms with Crippen molar-refractivity contribution in [3.05, 3.63) is 45.6 Å². The topological polar surface area (TPSA) is 82.5 Å². The third-order valence-electron chi connectivity index (χ3n) is 7.70. The third-order valence-corrected chi connectivity index (χ3v) is 9.55. The summed E-state index contributed by atoms with van der Waals surface area (Å²) in [4.78, 5) is 33.8. The number of rotatable bonds is 6. The van der Waals surface area contributed by atoms with Gasteiger partial charge in [0, 0.05) is 30.3 Å². The molecule has 4 rings (SSSR count). The molecule has 1 fully saturated rings. The molecule has 2 aromatic heterocycles. The number of thiophene rings is 1. The number of aromatic nitrogens is 1. The summed E-state index contributed by atoms with van der Waals surface area (Å²) in [6.45, 7) is 10.6. The second-order valence-corrected chi connectivity index (χ2v) is 11.9. The highest BCUT2D eigenvalue weighted by Crippen LogP contribution is 2.57. The molecule has 2 aromatic rings. The van der Waals surface area contributed by atoms with Gasteiger partial charge in [0.25, 0.3) is 5.91 Å². The van der Waals surface area contributed by atoms with Crippen molar-refractivity contribution in [3.8, 4) is 0 Å². The molecule has 0 aromatic carbocycles. The highest BCUT2D eigenvalue weighted by molar-refractivity contribution is 7.16. The number of nitrogens with one attached hydrogen (secondary N) is 1. The third kappa shape index (κ3) is 4.40. The van der Waals surface area contributed by atoms with Gasteiger partial charge in [0.15, 0.2) is 5.13 Å². The van der Waals surface area contributed by atoms with Gasteiger partial charge < -0.3 is 10.0 Å². The van der Waals surface area contributed by atoms with Crippen molar-refractivity contribution in [3.63, 3.8) is 0 Å². The van der Waals surface area contributed by atoms with Crippen LogP contribution in [0, 0.1) is 23.2 Å². The summed E-state index contributed by atoms with van der Waals surface area (Å²) < 4.78 is 0. The van der Waals surface area contributed by atoms with E-state index in [0.717, 1.165) is 25.0 Å². The van der Waals surface area contributed by atoms with Gasteiger partial charge in [-0.25, -0.2) is 4.98 Å². The molecule has 33 heavy (non-hydrogen) atoms. The number of aliphatic hydroxyl groups is 1. The van der Waals surface area contributed by atoms with Crippen molar-refractivity contribution in [2.24, 2.45) is 23.2 Å². The zero-order valence-electron chi connectivity index (χ0n) is 19.7. The predicted octanol–water partition coefficient (Wildman–Crippen LogP) is 4.79. The van der Waals surface area contributed by atoms with Gasteiger partial charge in [-0.1, -0.05) is 32.9 Å². The minimum atomic E-state index is -0.575. The highest BCUT2D eigenvalue weighted by atomic mass is 32.1. The molecule has 6 nitrogen and oxygen atoms in total. The predicted molar refractivity (Wildman–Crippen MR) is 134 cm³/mol. The van der Waals surface area contributed by atoms with E-state index in [2.05, 4.69) is 25.7 Å². The van der Waals surface area contributed by atoms with E-state index in [-0.39, 0.29) is 40.9 Å². The average Bonchev–Trinajstić information content (AvgIpc) is 3.43. The molecule has 6 atom stereocenters. The number of hydrogen-bond donors (Lipinski definition) is 2. The van der Waals surface area contributed by atoms with Crippen molar-refractivity contribution in [1.29, 1.82) is 0 Å². The number of amides is 2. The van der Waals surface area contributed by atoms with Crippen molar-refractivity contribution in [2.75, 3.05) is 18.9 Å². The Hall–Kier alpha value is -2.03. The molecule has 0 spiro atoms. The van der Waals surface area contributed by atoms with Crippen molar-refractivity contribution >= 4 is 39.6 Å². The Bertz CT molecular complexity index is 1030. The first-order chi connectivity index (χ1) is 15.7. The standard InChI is InChI=1S/C25H33N3O3S2/c1-6-11-28(5)23(31)14(2)16-9-10-25(4)13-18-20(15(3)19(25)21(16)29)26-24(33-18)27-22(30)17-8-7-12-32-17/h6-8,12,14-16,19,21,29H,1,9-11,13H2,2-5H3,(H,26,27,30)/t14-,15-,16+,19+,21-,25-/m0/s1. The number of nitrogens with zero attached hydrogens (tertiary/aromatic N) is 2. The lowest BCUT2D eigenvalue weighted by Gasteiger charge is -2.53. The zero-order chi connectivity index (χ0) is 23.9. The van der Waals surface area contributed by atoms with Crippen LogP contribution in [0.25, 0.3) is 0 Å². The minimum Gasteiger partial charge on any atom is -0.392 e. The van der Waals surface area contributed by atoms with E-state index in [1.807, 2.05) is 18.4 Å². The lowest BCUT2D eigenvalue weighted by molar-refractivity contribution is -0.143. The van der Waals surface area contributed by atoms with Gasteiger partial charge in [-0.2, -0.15) is 0 Å². The molecule has 178 valence electrons. The largest absolute Gasteiger partial charge is 0.392 e. The van der Waals surface area contributed by atoms with E-state index in [9.17, 15) is 14.7 Å². The molecule has 0 bridgehead atoms. The van der Waals surface area contributed by atoms with Gasteiger partial charge in [-0.3, -0.25) is 14.9 Å². The maximum atomic E-state index is 12.9. The van der Waals surface area contributed by atoms with Crippen LogP contribution in [0.2, 0.25) is 0 Å². The first-order valence-corrected chi connectivity index (χ1v) is 13.2. The Morgan fingerprint density at radius 3 is 2.91 bits per heavy atom. The normalized spacial score (nSPS) is 29.5. The van der Waals surface area contributed by atoms with Crippen LogP contribution in [0.15, 0.2) is 30.2 Å². The first-order valence-electron chi connectivity index (χ1n) is 11.5. The molecule has 8 heteroatoms. The highest BCUT2D eigenvalue weighted by Gasteiger charge is 2.54. The summed E-state index contributed by atoms with van der Waals surface area (Å²) in [6.07, 6.45) is 3.77. The number of carbonyl (C=O) groups is 2. The lowest BCUT2D eigenvalue weighted by atomic mass is 9.53. The SMILES string of the molecule is C=CCN(C)C(=O)[C@@H](C)[C@H]1CC[C@@]2(C)Cc3sc(NC(=O)c4cccs4)nc3[C@@H](C)[C@@H]2[C@H]1O. The summed E-state index contributed by atoms with van der Waals surface area (Å²) in [6, 6.07) is 3.66. The fourth-order valence-electron chi connectivity index (χ4n) is 5.98. The first kappa shape index (κ1) is 24.1. The second-order valence-electron chi connectivity index (χ2n) is 9.89. The van der Waals surface area contributed by atoms with E-state index in [1.165, 1.54) is 16.2 Å². The molecule has 2 N–H and O–H groups in total. The van der Waals surface area contributed by atoms with Crippen molar-refractivity contribution < 1.29 is 14.7 Å². The number of carbonyl (C=O) groups excluding carboxylic acids is 2. The van der Waals surface area contributed by atoms with Crippen LogP contribution in [0.1, 0.15) is 59.8 Å². The van der Waals surface area contributed by atoms with E-state index in [1.54, 1.807) is 35.4 Å². The molecule has 0 aliphatic heterocycles. The van der Waals surface area contributed by atoms with Gasteiger partial charge in [0.05, 0.1) is 16.7 Å². The van der Waals surface area contributed by atoms with Crippen LogP contribution in [0.5, 0.6) is 0 Å². The Kier molecular flexibility index (Phi) is 6.80. The van der Waals surface area contributed by atoms with Crippen LogP contribution in [-0.2, 0) is 11.2 Å². The van der Waals surface area contributed by atoms with E-state index in [4.69, 9.17) is 4.98 Å². The summed E-state index contributed by atoms with van der Waals surface area (Å²) in [5, 5.41) is 17.0. The quantitative estimate of drug-likeness (QED) is 0.574. The number of anilines is 1. The smallest absolute Gasteiger partial charge is 0.267 e. The number of fused-ring (bicyclic) bond motifs is 2. The fourth-order valence-corrected chi connectivity index (χ4v) is 7.86. The minimum absolute atomic E-state index is 0.0201. The van der Waals surface area contributed by atoms with Crippen molar-refractivity contribution in [1.82, 2.24) is 9.88 Å². The lowest BCUT2D eigenvalue weighted by Crippen LogP contribution is -2.53. The molecule has 2 aliphatic carbocycles. The van der Waals surface area contributed by atoms with Crippen LogP contribution in [0.3, 0.4) is 0 Å². The van der Waals surface area contributed by atoms with Crippen LogP contribution >= 0.6 is 22.7 Å². The van der Waals surface area contributed by atoms with Crippen LogP contribution in [0.4, 0.5) is 5.13 Å². The molecular formula is C25H33N3O3S2. The van der Waals surface area contributed by atoms with Gasteiger partial charge in [0.1, 0.15) is 0 Å².